The normalized spacial score (nSPS) is 12.2. The van der Waals surface area contributed by atoms with Crippen LogP contribution < -0.4 is 10.6 Å². The van der Waals surface area contributed by atoms with Gasteiger partial charge in [-0.2, -0.15) is 0 Å². The SMILES string of the molecule is C=CN/C=C(\C)C(=C)C.CCCC(CCC)C(Cc1cccc(C)c1)NC. The van der Waals surface area contributed by atoms with E-state index in [4.69, 9.17) is 0 Å². The molecular weight excluding hydrogens is 328 g/mol. The zero-order valence-electron chi connectivity index (χ0n) is 18.6. The van der Waals surface area contributed by atoms with Crippen molar-refractivity contribution in [2.75, 3.05) is 7.05 Å². The second-order valence-corrected chi connectivity index (χ2v) is 7.40. The molecule has 0 heterocycles. The number of rotatable bonds is 11. The molecule has 0 radical (unpaired) electrons. The lowest BCUT2D eigenvalue weighted by Crippen LogP contribution is -2.35. The molecule has 0 spiro atoms. The van der Waals surface area contributed by atoms with Gasteiger partial charge in [-0.15, -0.1) is 0 Å². The summed E-state index contributed by atoms with van der Waals surface area (Å²) in [7, 11) is 2.11. The molecule has 2 N–H and O–H groups in total. The highest BCUT2D eigenvalue weighted by atomic mass is 14.9. The van der Waals surface area contributed by atoms with Crippen LogP contribution >= 0.6 is 0 Å². The average Bonchev–Trinajstić information content (AvgIpc) is 2.64. The first-order valence-electron chi connectivity index (χ1n) is 10.3. The van der Waals surface area contributed by atoms with Crippen LogP contribution in [-0.4, -0.2) is 13.1 Å². The van der Waals surface area contributed by atoms with Crippen LogP contribution in [0.1, 0.15) is 64.5 Å². The Morgan fingerprint density at radius 3 is 2.22 bits per heavy atom. The minimum absolute atomic E-state index is 0.617. The first-order chi connectivity index (χ1) is 12.9. The molecule has 0 aliphatic carbocycles. The van der Waals surface area contributed by atoms with Crippen LogP contribution in [-0.2, 0) is 6.42 Å². The van der Waals surface area contributed by atoms with Crippen molar-refractivity contribution < 1.29 is 0 Å². The first kappa shape index (κ1) is 25.2. The van der Waals surface area contributed by atoms with Crippen LogP contribution in [0.3, 0.4) is 0 Å². The molecular formula is C25H42N2. The minimum Gasteiger partial charge on any atom is -0.368 e. The number of hydrogen-bond acceptors (Lipinski definition) is 2. The predicted molar refractivity (Wildman–Crippen MR) is 123 cm³/mol. The Kier molecular flexibility index (Phi) is 14.3. The maximum absolute atomic E-state index is 3.77. The second-order valence-electron chi connectivity index (χ2n) is 7.40. The van der Waals surface area contributed by atoms with Crippen molar-refractivity contribution >= 4 is 0 Å². The molecule has 0 fully saturated rings. The van der Waals surface area contributed by atoms with Gasteiger partial charge in [-0.3, -0.25) is 0 Å². The van der Waals surface area contributed by atoms with Crippen LogP contribution in [0.2, 0.25) is 0 Å². The van der Waals surface area contributed by atoms with Gasteiger partial charge in [0.1, 0.15) is 0 Å². The van der Waals surface area contributed by atoms with E-state index in [1.807, 2.05) is 20.0 Å². The third-order valence-electron chi connectivity index (χ3n) is 4.89. The molecule has 1 aromatic rings. The number of aryl methyl sites for hydroxylation is 1. The molecule has 0 bridgehead atoms. The summed E-state index contributed by atoms with van der Waals surface area (Å²) in [6.45, 7) is 18.0. The Bertz CT molecular complexity index is 565. The van der Waals surface area contributed by atoms with Gasteiger partial charge in [-0.25, -0.2) is 0 Å². The van der Waals surface area contributed by atoms with E-state index >= 15 is 0 Å². The second kappa shape index (κ2) is 15.3. The molecule has 1 atom stereocenters. The quantitative estimate of drug-likeness (QED) is 0.432. The zero-order valence-corrected chi connectivity index (χ0v) is 18.6. The van der Waals surface area contributed by atoms with Crippen molar-refractivity contribution in [3.05, 3.63) is 72.1 Å². The van der Waals surface area contributed by atoms with Crippen molar-refractivity contribution in [3.63, 3.8) is 0 Å². The summed E-state index contributed by atoms with van der Waals surface area (Å²) in [5.41, 5.74) is 5.05. The smallest absolute Gasteiger partial charge is 0.0133 e. The third kappa shape index (κ3) is 11.5. The zero-order chi connectivity index (χ0) is 20.7. The largest absolute Gasteiger partial charge is 0.368 e. The molecule has 0 aliphatic heterocycles. The fourth-order valence-electron chi connectivity index (χ4n) is 3.19. The maximum atomic E-state index is 3.77. The van der Waals surface area contributed by atoms with E-state index in [1.165, 1.54) is 36.8 Å². The van der Waals surface area contributed by atoms with E-state index in [2.05, 4.69) is 75.9 Å². The van der Waals surface area contributed by atoms with Gasteiger partial charge in [-0.1, -0.05) is 75.2 Å². The number of benzene rings is 1. The van der Waals surface area contributed by atoms with Crippen LogP contribution in [0.15, 0.2) is 61.0 Å². The Morgan fingerprint density at radius 2 is 1.78 bits per heavy atom. The van der Waals surface area contributed by atoms with E-state index in [9.17, 15) is 0 Å². The van der Waals surface area contributed by atoms with Crippen molar-refractivity contribution in [1.29, 1.82) is 0 Å². The predicted octanol–water partition coefficient (Wildman–Crippen LogP) is 6.54. The summed E-state index contributed by atoms with van der Waals surface area (Å²) in [6.07, 6.45) is 9.91. The Labute approximate surface area is 168 Å². The van der Waals surface area contributed by atoms with Gasteiger partial charge >= 0.3 is 0 Å². The molecule has 1 rings (SSSR count). The lowest BCUT2D eigenvalue weighted by atomic mass is 9.86. The molecule has 1 unspecified atom stereocenters. The number of likely N-dealkylation sites (N-methyl/N-ethyl adjacent to an activating group) is 1. The fourth-order valence-corrected chi connectivity index (χ4v) is 3.19. The number of hydrogen-bond donors (Lipinski definition) is 2. The number of nitrogens with one attached hydrogen (secondary N) is 2. The molecule has 0 saturated heterocycles. The van der Waals surface area contributed by atoms with Crippen molar-refractivity contribution in [2.24, 2.45) is 5.92 Å². The number of allylic oxidation sites excluding steroid dienone is 2. The topological polar surface area (TPSA) is 24.1 Å². The Morgan fingerprint density at radius 1 is 1.15 bits per heavy atom. The summed E-state index contributed by atoms with van der Waals surface area (Å²) < 4.78 is 0. The van der Waals surface area contributed by atoms with Gasteiger partial charge in [0.25, 0.3) is 0 Å². The van der Waals surface area contributed by atoms with Crippen LogP contribution in [0, 0.1) is 12.8 Å². The lowest BCUT2D eigenvalue weighted by Gasteiger charge is -2.26. The van der Waals surface area contributed by atoms with Crippen molar-refractivity contribution in [2.45, 2.75) is 72.8 Å². The molecule has 152 valence electrons. The van der Waals surface area contributed by atoms with Crippen LogP contribution in [0.5, 0.6) is 0 Å². The molecule has 0 aromatic heterocycles. The van der Waals surface area contributed by atoms with Gasteiger partial charge in [-0.05, 0) is 70.3 Å². The van der Waals surface area contributed by atoms with Crippen LogP contribution in [0.25, 0.3) is 0 Å². The summed E-state index contributed by atoms with van der Waals surface area (Å²) in [6, 6.07) is 9.54. The van der Waals surface area contributed by atoms with E-state index in [-0.39, 0.29) is 0 Å². The first-order valence-corrected chi connectivity index (χ1v) is 10.3. The van der Waals surface area contributed by atoms with Gasteiger partial charge in [0.2, 0.25) is 0 Å². The minimum atomic E-state index is 0.617. The third-order valence-corrected chi connectivity index (χ3v) is 4.89. The summed E-state index contributed by atoms with van der Waals surface area (Å²) in [5.74, 6) is 0.811. The Balaban J connectivity index is 0.000000636. The molecule has 0 amide bonds. The molecule has 2 heteroatoms. The van der Waals surface area contributed by atoms with E-state index < -0.39 is 0 Å². The van der Waals surface area contributed by atoms with E-state index in [1.54, 1.807) is 6.20 Å². The summed E-state index contributed by atoms with van der Waals surface area (Å²) in [5, 5.41) is 6.41. The van der Waals surface area contributed by atoms with E-state index in [0.29, 0.717) is 6.04 Å². The van der Waals surface area contributed by atoms with Gasteiger partial charge in [0, 0.05) is 12.2 Å². The van der Waals surface area contributed by atoms with Crippen LogP contribution in [0.4, 0.5) is 0 Å². The lowest BCUT2D eigenvalue weighted by molar-refractivity contribution is 0.322. The highest BCUT2D eigenvalue weighted by molar-refractivity contribution is 5.23. The molecule has 0 aliphatic rings. The summed E-state index contributed by atoms with van der Waals surface area (Å²) in [4.78, 5) is 0. The molecule has 27 heavy (non-hydrogen) atoms. The monoisotopic (exact) mass is 370 g/mol. The Hall–Kier alpha value is -1.80. The highest BCUT2D eigenvalue weighted by Gasteiger charge is 2.18. The van der Waals surface area contributed by atoms with Crippen molar-refractivity contribution in [3.8, 4) is 0 Å². The highest BCUT2D eigenvalue weighted by Crippen LogP contribution is 2.21. The molecule has 2 nitrogen and oxygen atoms in total. The average molecular weight is 371 g/mol. The molecule has 1 aromatic carbocycles. The van der Waals surface area contributed by atoms with Gasteiger partial charge in [0.15, 0.2) is 0 Å². The van der Waals surface area contributed by atoms with E-state index in [0.717, 1.165) is 23.5 Å². The summed E-state index contributed by atoms with van der Waals surface area (Å²) >= 11 is 0. The fraction of sp³-hybridized carbons (Fsp3) is 0.520. The van der Waals surface area contributed by atoms with Gasteiger partial charge in [0.05, 0.1) is 0 Å². The van der Waals surface area contributed by atoms with Crippen molar-refractivity contribution in [1.82, 2.24) is 10.6 Å². The standard InChI is InChI=1S/C17H29N.C8H13N/c1-5-8-16(9-6-2)17(18-4)13-15-11-7-10-14(3)12-15;1-5-9-6-8(4)7(2)3/h7,10-12,16-18H,5-6,8-9,13H2,1-4H3;5-6,9H,1-2H2,3-4H3/b;8-6+. The maximum Gasteiger partial charge on any atom is 0.0133 e. The van der Waals surface area contributed by atoms with Gasteiger partial charge < -0.3 is 10.6 Å². The molecule has 0 saturated carbocycles.